The average molecular weight is 486 g/mol. The third-order valence-corrected chi connectivity index (χ3v) is 6.36. The molecule has 9 nitrogen and oxygen atoms in total. The van der Waals surface area contributed by atoms with Crippen LogP contribution in [0.4, 0.5) is 0 Å². The summed E-state index contributed by atoms with van der Waals surface area (Å²) < 4.78 is 0. The topological polar surface area (TPSA) is 140 Å². The van der Waals surface area contributed by atoms with Gasteiger partial charge in [-0.1, -0.05) is 32.1 Å². The molecule has 1 aliphatic heterocycles. The van der Waals surface area contributed by atoms with Crippen LogP contribution in [-0.2, 0) is 9.59 Å². The molecule has 0 unspecified atom stereocenters. The number of aliphatic hydroxyl groups is 2. The Labute approximate surface area is 206 Å². The molecule has 1 fully saturated rings. The molecule has 0 radical (unpaired) electrons. The lowest BCUT2D eigenvalue weighted by atomic mass is 10.1. The second-order valence-corrected chi connectivity index (χ2v) is 9.45. The number of aliphatic hydroxyl groups excluding tert-OH is 2. The summed E-state index contributed by atoms with van der Waals surface area (Å²) in [5.41, 5.74) is 5.49. The summed E-state index contributed by atoms with van der Waals surface area (Å²) >= 11 is 0. The highest BCUT2D eigenvalue weighted by Crippen LogP contribution is 2.19. The maximum absolute atomic E-state index is 12.2. The SMILES string of the molecule is NCCCCCCCCNCCCNCCC(=O)NCCCCCC(=O)N1C[C@H](O)C[C@H]1CO. The van der Waals surface area contributed by atoms with E-state index in [1.54, 1.807) is 4.90 Å². The van der Waals surface area contributed by atoms with Crippen molar-refractivity contribution in [1.82, 2.24) is 20.9 Å². The fraction of sp³-hybridized carbons (Fsp3) is 0.920. The molecule has 2 atom stereocenters. The van der Waals surface area contributed by atoms with Gasteiger partial charge in [0.2, 0.25) is 11.8 Å². The Hall–Kier alpha value is -1.26. The number of hydrogen-bond acceptors (Lipinski definition) is 7. The largest absolute Gasteiger partial charge is 0.394 e. The van der Waals surface area contributed by atoms with E-state index in [-0.39, 0.29) is 24.5 Å². The molecule has 1 heterocycles. The first kappa shape index (κ1) is 30.8. The first-order valence-corrected chi connectivity index (χ1v) is 13.5. The van der Waals surface area contributed by atoms with E-state index >= 15 is 0 Å². The number of amides is 2. The van der Waals surface area contributed by atoms with Crippen molar-refractivity contribution in [3.63, 3.8) is 0 Å². The molecule has 0 aromatic carbocycles. The summed E-state index contributed by atoms with van der Waals surface area (Å²) in [5, 5.41) is 28.7. The Morgan fingerprint density at radius 2 is 1.41 bits per heavy atom. The third-order valence-electron chi connectivity index (χ3n) is 6.36. The van der Waals surface area contributed by atoms with E-state index in [4.69, 9.17) is 5.73 Å². The summed E-state index contributed by atoms with van der Waals surface area (Å²) in [6.07, 6.45) is 11.9. The van der Waals surface area contributed by atoms with Crippen LogP contribution in [-0.4, -0.2) is 91.5 Å². The molecule has 0 spiro atoms. The number of rotatable bonds is 22. The van der Waals surface area contributed by atoms with Crippen LogP contribution in [0.3, 0.4) is 0 Å². The van der Waals surface area contributed by atoms with Crippen molar-refractivity contribution in [2.45, 2.75) is 95.6 Å². The minimum atomic E-state index is -0.528. The van der Waals surface area contributed by atoms with Gasteiger partial charge in [0.05, 0.1) is 18.8 Å². The van der Waals surface area contributed by atoms with Gasteiger partial charge in [-0.3, -0.25) is 9.59 Å². The van der Waals surface area contributed by atoms with Crippen LogP contribution in [0.2, 0.25) is 0 Å². The Morgan fingerprint density at radius 3 is 2.15 bits per heavy atom. The molecule has 2 amide bonds. The standard InChI is InChI=1S/C25H51N5O4/c26-13-7-3-1-2-4-8-14-27-15-10-16-28-18-12-24(33)29-17-9-5-6-11-25(34)30-20-23(32)19-22(30)21-31/h22-23,27-28,31-32H,1-21,26H2,(H,29,33)/t22-,23+/m0/s1. The normalized spacial score (nSPS) is 17.9. The van der Waals surface area contributed by atoms with Gasteiger partial charge in [0, 0.05) is 32.5 Å². The van der Waals surface area contributed by atoms with Gasteiger partial charge in [-0.15, -0.1) is 0 Å². The highest BCUT2D eigenvalue weighted by atomic mass is 16.3. The third kappa shape index (κ3) is 15.6. The Morgan fingerprint density at radius 1 is 0.794 bits per heavy atom. The van der Waals surface area contributed by atoms with Gasteiger partial charge in [-0.25, -0.2) is 0 Å². The van der Waals surface area contributed by atoms with E-state index in [1.807, 2.05) is 0 Å². The highest BCUT2D eigenvalue weighted by molar-refractivity contribution is 5.77. The first-order valence-electron chi connectivity index (χ1n) is 13.5. The second kappa shape index (κ2) is 21.1. The Kier molecular flexibility index (Phi) is 19.1. The van der Waals surface area contributed by atoms with E-state index in [1.165, 1.54) is 32.1 Å². The molecule has 0 aliphatic carbocycles. The van der Waals surface area contributed by atoms with Gasteiger partial charge in [0.15, 0.2) is 0 Å². The number of likely N-dealkylation sites (tertiary alicyclic amines) is 1. The lowest BCUT2D eigenvalue weighted by Crippen LogP contribution is -2.37. The van der Waals surface area contributed by atoms with Gasteiger partial charge < -0.3 is 36.8 Å². The maximum Gasteiger partial charge on any atom is 0.222 e. The molecular formula is C25H51N5O4. The van der Waals surface area contributed by atoms with E-state index in [9.17, 15) is 19.8 Å². The van der Waals surface area contributed by atoms with Crippen molar-refractivity contribution in [3.8, 4) is 0 Å². The number of β-amino-alcohol motifs (C(OH)–C–C–N with tert-alkyl or cyclic N) is 1. The van der Waals surface area contributed by atoms with Gasteiger partial charge in [-0.2, -0.15) is 0 Å². The average Bonchev–Trinajstić information content (AvgIpc) is 3.22. The number of carbonyl (C=O) groups excluding carboxylic acids is 2. The molecular weight excluding hydrogens is 434 g/mol. The van der Waals surface area contributed by atoms with Crippen molar-refractivity contribution < 1.29 is 19.8 Å². The number of carbonyl (C=O) groups is 2. The van der Waals surface area contributed by atoms with Gasteiger partial charge in [0.25, 0.3) is 0 Å². The summed E-state index contributed by atoms with van der Waals surface area (Å²) in [6, 6.07) is -0.252. The van der Waals surface area contributed by atoms with Crippen molar-refractivity contribution >= 4 is 11.8 Å². The minimum absolute atomic E-state index is 0.00466. The van der Waals surface area contributed by atoms with Crippen LogP contribution in [0.5, 0.6) is 0 Å². The van der Waals surface area contributed by atoms with E-state index in [0.717, 1.165) is 58.3 Å². The molecule has 0 saturated carbocycles. The Bertz CT molecular complexity index is 524. The van der Waals surface area contributed by atoms with Crippen molar-refractivity contribution in [2.75, 3.05) is 52.4 Å². The lowest BCUT2D eigenvalue weighted by molar-refractivity contribution is -0.133. The van der Waals surface area contributed by atoms with Crippen LogP contribution in [0.25, 0.3) is 0 Å². The number of hydrogen-bond donors (Lipinski definition) is 6. The van der Waals surface area contributed by atoms with Crippen LogP contribution in [0, 0.1) is 0 Å². The summed E-state index contributed by atoms with van der Waals surface area (Å²) in [4.78, 5) is 25.7. The second-order valence-electron chi connectivity index (χ2n) is 9.45. The predicted molar refractivity (Wildman–Crippen MR) is 136 cm³/mol. The maximum atomic E-state index is 12.2. The molecule has 200 valence electrons. The van der Waals surface area contributed by atoms with E-state index in [0.29, 0.717) is 38.9 Å². The van der Waals surface area contributed by atoms with Crippen molar-refractivity contribution in [1.29, 1.82) is 0 Å². The fourth-order valence-electron chi connectivity index (χ4n) is 4.30. The fourth-order valence-corrected chi connectivity index (χ4v) is 4.30. The number of nitrogens with zero attached hydrogens (tertiary/aromatic N) is 1. The number of nitrogens with two attached hydrogens (primary N) is 1. The summed E-state index contributed by atoms with van der Waals surface area (Å²) in [6.45, 7) is 5.36. The number of nitrogens with one attached hydrogen (secondary N) is 3. The van der Waals surface area contributed by atoms with Crippen LogP contribution >= 0.6 is 0 Å². The first-order chi connectivity index (χ1) is 16.6. The molecule has 1 rings (SSSR count). The molecule has 0 aromatic rings. The van der Waals surface area contributed by atoms with Crippen LogP contribution in [0.1, 0.15) is 83.5 Å². The zero-order chi connectivity index (χ0) is 24.9. The van der Waals surface area contributed by atoms with Gasteiger partial charge >= 0.3 is 0 Å². The number of unbranched alkanes of at least 4 members (excludes halogenated alkanes) is 7. The van der Waals surface area contributed by atoms with Gasteiger partial charge in [0.1, 0.15) is 0 Å². The van der Waals surface area contributed by atoms with Crippen LogP contribution < -0.4 is 21.7 Å². The summed E-state index contributed by atoms with van der Waals surface area (Å²) in [5.74, 6) is 0.0555. The van der Waals surface area contributed by atoms with Crippen molar-refractivity contribution in [2.24, 2.45) is 5.73 Å². The quantitative estimate of drug-likeness (QED) is 0.125. The zero-order valence-corrected chi connectivity index (χ0v) is 21.2. The van der Waals surface area contributed by atoms with Crippen LogP contribution in [0.15, 0.2) is 0 Å². The van der Waals surface area contributed by atoms with Crippen molar-refractivity contribution in [3.05, 3.63) is 0 Å². The molecule has 1 saturated heterocycles. The summed E-state index contributed by atoms with van der Waals surface area (Å²) in [7, 11) is 0. The van der Waals surface area contributed by atoms with Gasteiger partial charge in [-0.05, 0) is 64.7 Å². The highest BCUT2D eigenvalue weighted by Gasteiger charge is 2.33. The molecule has 0 bridgehead atoms. The predicted octanol–water partition coefficient (Wildman–Crippen LogP) is 0.876. The van der Waals surface area contributed by atoms with E-state index in [2.05, 4.69) is 16.0 Å². The molecule has 9 heteroatoms. The van der Waals surface area contributed by atoms with E-state index < -0.39 is 6.10 Å². The smallest absolute Gasteiger partial charge is 0.222 e. The molecule has 1 aliphatic rings. The molecule has 34 heavy (non-hydrogen) atoms. The lowest BCUT2D eigenvalue weighted by Gasteiger charge is -2.22. The molecule has 0 aromatic heterocycles. The monoisotopic (exact) mass is 485 g/mol. The zero-order valence-electron chi connectivity index (χ0n) is 21.2. The Balaban J connectivity index is 1.82. The minimum Gasteiger partial charge on any atom is -0.394 e. The molecule has 7 N–H and O–H groups in total.